The fourth-order valence-corrected chi connectivity index (χ4v) is 1.31. The molecular weight excluding hydrogens is 128 g/mol. The van der Waals surface area contributed by atoms with E-state index in [9.17, 15) is 0 Å². The lowest BCUT2D eigenvalue weighted by Crippen LogP contribution is -2.49. The van der Waals surface area contributed by atoms with Gasteiger partial charge in [0.15, 0.2) is 0 Å². The maximum Gasteiger partial charge on any atom is 0.0717 e. The van der Waals surface area contributed by atoms with Crippen molar-refractivity contribution in [1.82, 2.24) is 5.01 Å². The molecule has 2 atom stereocenters. The predicted octanol–water partition coefficient (Wildman–Crippen LogP) is 0.359. The van der Waals surface area contributed by atoms with Crippen molar-refractivity contribution in [3.63, 3.8) is 0 Å². The fourth-order valence-electron chi connectivity index (χ4n) is 1.31. The normalized spacial score (nSPS) is 36.3. The van der Waals surface area contributed by atoms with Crippen LogP contribution in [0.4, 0.5) is 0 Å². The Morgan fingerprint density at radius 1 is 1.60 bits per heavy atom. The molecule has 1 rings (SSSR count). The predicted molar refractivity (Wildman–Crippen MR) is 40.4 cm³/mol. The van der Waals surface area contributed by atoms with Crippen molar-refractivity contribution in [2.24, 2.45) is 5.84 Å². The third-order valence-electron chi connectivity index (χ3n) is 1.81. The second-order valence-corrected chi connectivity index (χ2v) is 2.93. The van der Waals surface area contributed by atoms with Crippen molar-refractivity contribution in [2.75, 3.05) is 13.1 Å². The largest absolute Gasteiger partial charge is 0.373 e. The third-order valence-corrected chi connectivity index (χ3v) is 1.81. The summed E-state index contributed by atoms with van der Waals surface area (Å²) in [5, 5.41) is 1.84. The Hall–Kier alpha value is -0.120. The van der Waals surface area contributed by atoms with Crippen molar-refractivity contribution in [1.29, 1.82) is 0 Å². The van der Waals surface area contributed by atoms with Gasteiger partial charge in [0.2, 0.25) is 0 Å². The van der Waals surface area contributed by atoms with E-state index in [0.29, 0.717) is 12.2 Å². The zero-order valence-electron chi connectivity index (χ0n) is 6.71. The van der Waals surface area contributed by atoms with Gasteiger partial charge in [-0.05, 0) is 13.3 Å². The summed E-state index contributed by atoms with van der Waals surface area (Å²) >= 11 is 0. The van der Waals surface area contributed by atoms with E-state index >= 15 is 0 Å². The van der Waals surface area contributed by atoms with Crippen LogP contribution >= 0.6 is 0 Å². The maximum absolute atomic E-state index is 5.64. The topological polar surface area (TPSA) is 38.5 Å². The average Bonchev–Trinajstić information content (AvgIpc) is 1.85. The smallest absolute Gasteiger partial charge is 0.0717 e. The van der Waals surface area contributed by atoms with E-state index in [2.05, 4.69) is 13.8 Å². The summed E-state index contributed by atoms with van der Waals surface area (Å²) in [5.74, 6) is 5.64. The highest BCUT2D eigenvalue weighted by Gasteiger charge is 2.21. The summed E-state index contributed by atoms with van der Waals surface area (Å²) in [6, 6.07) is 0. The standard InChI is InChI=1S/C7H16N2O/c1-3-7-5-9(8)4-6(2)10-7/h6-7H,3-5,8H2,1-2H3/t6-,7-/m0/s1. The van der Waals surface area contributed by atoms with Crippen molar-refractivity contribution in [3.05, 3.63) is 0 Å². The summed E-state index contributed by atoms with van der Waals surface area (Å²) in [6.45, 7) is 5.91. The van der Waals surface area contributed by atoms with E-state index in [0.717, 1.165) is 19.5 Å². The quantitative estimate of drug-likeness (QED) is 0.540. The molecule has 3 heteroatoms. The van der Waals surface area contributed by atoms with Gasteiger partial charge in [-0.1, -0.05) is 6.92 Å². The number of nitrogens with two attached hydrogens (primary N) is 1. The first-order chi connectivity index (χ1) is 4.72. The molecule has 0 amide bonds. The van der Waals surface area contributed by atoms with Crippen LogP contribution in [0.2, 0.25) is 0 Å². The van der Waals surface area contributed by atoms with Crippen molar-refractivity contribution in [2.45, 2.75) is 32.5 Å². The minimum atomic E-state index is 0.295. The van der Waals surface area contributed by atoms with E-state index in [-0.39, 0.29) is 0 Å². The number of ether oxygens (including phenoxy) is 1. The second-order valence-electron chi connectivity index (χ2n) is 2.93. The summed E-state index contributed by atoms with van der Waals surface area (Å²) in [5.41, 5.74) is 0. The van der Waals surface area contributed by atoms with Crippen LogP contribution in [-0.4, -0.2) is 30.3 Å². The number of hydrazine groups is 1. The number of morpholine rings is 1. The Kier molecular flexibility index (Phi) is 2.65. The van der Waals surface area contributed by atoms with Crippen LogP contribution in [0.5, 0.6) is 0 Å². The molecule has 0 aromatic carbocycles. The van der Waals surface area contributed by atoms with E-state index in [1.54, 1.807) is 0 Å². The molecule has 1 saturated heterocycles. The fraction of sp³-hybridized carbons (Fsp3) is 1.00. The molecule has 0 aromatic rings. The second kappa shape index (κ2) is 3.32. The highest BCUT2D eigenvalue weighted by Crippen LogP contribution is 2.09. The van der Waals surface area contributed by atoms with Gasteiger partial charge in [0.1, 0.15) is 0 Å². The lowest BCUT2D eigenvalue weighted by molar-refractivity contribution is -0.0781. The first kappa shape index (κ1) is 7.98. The van der Waals surface area contributed by atoms with Gasteiger partial charge in [-0.3, -0.25) is 5.84 Å². The summed E-state index contributed by atoms with van der Waals surface area (Å²) in [6.07, 6.45) is 1.69. The first-order valence-electron chi connectivity index (χ1n) is 3.87. The molecule has 10 heavy (non-hydrogen) atoms. The Morgan fingerprint density at radius 2 is 2.30 bits per heavy atom. The highest BCUT2D eigenvalue weighted by molar-refractivity contribution is 4.70. The summed E-state index contributed by atoms with van der Waals surface area (Å²) < 4.78 is 5.58. The Labute approximate surface area is 62.1 Å². The number of hydrogen-bond acceptors (Lipinski definition) is 3. The molecule has 1 aliphatic rings. The Morgan fingerprint density at radius 3 is 2.80 bits per heavy atom. The molecule has 3 nitrogen and oxygen atoms in total. The van der Waals surface area contributed by atoms with Crippen molar-refractivity contribution < 1.29 is 4.74 Å². The van der Waals surface area contributed by atoms with Crippen LogP contribution in [0.15, 0.2) is 0 Å². The first-order valence-corrected chi connectivity index (χ1v) is 3.87. The molecule has 0 saturated carbocycles. The lowest BCUT2D eigenvalue weighted by atomic mass is 10.2. The number of hydrogen-bond donors (Lipinski definition) is 1. The van der Waals surface area contributed by atoms with Crippen LogP contribution in [0.3, 0.4) is 0 Å². The Bertz CT molecular complexity index is 97.8. The molecule has 0 aliphatic carbocycles. The monoisotopic (exact) mass is 144 g/mol. The van der Waals surface area contributed by atoms with Crippen LogP contribution < -0.4 is 5.84 Å². The van der Waals surface area contributed by atoms with E-state index in [1.165, 1.54) is 0 Å². The molecule has 0 radical (unpaired) electrons. The lowest BCUT2D eigenvalue weighted by Gasteiger charge is -2.33. The SMILES string of the molecule is CC[C@H]1CN(N)C[C@H](C)O1. The highest BCUT2D eigenvalue weighted by atomic mass is 16.5. The molecule has 0 aromatic heterocycles. The third kappa shape index (κ3) is 1.94. The maximum atomic E-state index is 5.64. The van der Waals surface area contributed by atoms with E-state index < -0.39 is 0 Å². The van der Waals surface area contributed by atoms with Crippen LogP contribution in [0.1, 0.15) is 20.3 Å². The van der Waals surface area contributed by atoms with Crippen molar-refractivity contribution >= 4 is 0 Å². The minimum Gasteiger partial charge on any atom is -0.373 e. The molecule has 0 bridgehead atoms. The molecule has 0 spiro atoms. The molecule has 1 fully saturated rings. The Balaban J connectivity index is 2.35. The summed E-state index contributed by atoms with van der Waals surface area (Å²) in [7, 11) is 0. The van der Waals surface area contributed by atoms with E-state index in [4.69, 9.17) is 10.6 Å². The van der Waals surface area contributed by atoms with Gasteiger partial charge in [-0.25, -0.2) is 5.01 Å². The molecule has 1 aliphatic heterocycles. The van der Waals surface area contributed by atoms with Crippen LogP contribution in [0.25, 0.3) is 0 Å². The van der Waals surface area contributed by atoms with Crippen LogP contribution in [0, 0.1) is 0 Å². The molecule has 1 heterocycles. The molecule has 60 valence electrons. The van der Waals surface area contributed by atoms with Gasteiger partial charge in [-0.2, -0.15) is 0 Å². The minimum absolute atomic E-state index is 0.295. The zero-order valence-corrected chi connectivity index (χ0v) is 6.71. The van der Waals surface area contributed by atoms with Gasteiger partial charge in [-0.15, -0.1) is 0 Å². The van der Waals surface area contributed by atoms with Gasteiger partial charge < -0.3 is 4.74 Å². The molecule has 0 unspecified atom stereocenters. The number of rotatable bonds is 1. The van der Waals surface area contributed by atoms with Gasteiger partial charge in [0, 0.05) is 13.1 Å². The van der Waals surface area contributed by atoms with Gasteiger partial charge >= 0.3 is 0 Å². The average molecular weight is 144 g/mol. The zero-order chi connectivity index (χ0) is 7.56. The number of nitrogens with zero attached hydrogens (tertiary/aromatic N) is 1. The van der Waals surface area contributed by atoms with E-state index in [1.807, 2.05) is 5.01 Å². The molecule has 2 N–H and O–H groups in total. The van der Waals surface area contributed by atoms with Gasteiger partial charge in [0.25, 0.3) is 0 Å². The molecular formula is C7H16N2O. The van der Waals surface area contributed by atoms with Crippen LogP contribution in [-0.2, 0) is 4.74 Å². The van der Waals surface area contributed by atoms with Gasteiger partial charge in [0.05, 0.1) is 12.2 Å². The summed E-state index contributed by atoms with van der Waals surface area (Å²) in [4.78, 5) is 0. The van der Waals surface area contributed by atoms with Crippen molar-refractivity contribution in [3.8, 4) is 0 Å².